The lowest BCUT2D eigenvalue weighted by Gasteiger charge is -2.01. The van der Waals surface area contributed by atoms with Gasteiger partial charge in [0.15, 0.2) is 0 Å². The van der Waals surface area contributed by atoms with Crippen LogP contribution in [0.5, 0.6) is 0 Å². The molecule has 0 aliphatic heterocycles. The highest BCUT2D eigenvalue weighted by Crippen LogP contribution is 2.09. The van der Waals surface area contributed by atoms with Crippen molar-refractivity contribution < 1.29 is 20.2 Å². The van der Waals surface area contributed by atoms with Crippen LogP contribution in [0.25, 0.3) is 0 Å². The first-order valence-corrected chi connectivity index (χ1v) is 6.46. The molecule has 0 aromatic heterocycles. The first kappa shape index (κ1) is 19.5. The van der Waals surface area contributed by atoms with Crippen molar-refractivity contribution in [2.24, 2.45) is 0 Å². The van der Waals surface area contributed by atoms with E-state index < -0.39 is 0 Å². The van der Waals surface area contributed by atoms with E-state index in [4.69, 9.17) is 16.3 Å². The van der Waals surface area contributed by atoms with Crippen molar-refractivity contribution in [1.82, 2.24) is 4.91 Å². The van der Waals surface area contributed by atoms with Crippen LogP contribution in [0, 0.1) is 11.1 Å². The average molecular weight is 264 g/mol. The molecule has 0 aliphatic carbocycles. The second-order valence-electron chi connectivity index (χ2n) is 3.90. The molecular formula is C11H26N3O4+. The van der Waals surface area contributed by atoms with Gasteiger partial charge in [0.2, 0.25) is 4.91 Å². The van der Waals surface area contributed by atoms with Crippen LogP contribution in [0.1, 0.15) is 64.7 Å². The van der Waals surface area contributed by atoms with E-state index in [1.165, 1.54) is 44.9 Å². The predicted molar refractivity (Wildman–Crippen MR) is 65.6 cm³/mol. The van der Waals surface area contributed by atoms with Crippen LogP contribution in [0.3, 0.4) is 0 Å². The third-order valence-corrected chi connectivity index (χ3v) is 2.41. The smallest absolute Gasteiger partial charge is 0.211 e. The number of hydrogen-bond acceptors (Lipinski definition) is 6. The normalized spacial score (nSPS) is 9.44. The zero-order valence-corrected chi connectivity index (χ0v) is 11.2. The van der Waals surface area contributed by atoms with Gasteiger partial charge in [0, 0.05) is 0 Å². The van der Waals surface area contributed by atoms with Crippen LogP contribution in [0.2, 0.25) is 0 Å². The molecule has 18 heavy (non-hydrogen) atoms. The molecule has 0 amide bonds. The zero-order chi connectivity index (χ0) is 13.9. The third-order valence-electron chi connectivity index (χ3n) is 2.41. The second kappa shape index (κ2) is 21.4. The minimum atomic E-state index is 0.469. The largest absolute Gasteiger partial charge is 0.219 e. The summed E-state index contributed by atoms with van der Waals surface area (Å²) in [4.78, 5) is 6.47. The summed E-state index contributed by atoms with van der Waals surface area (Å²) in [5, 5.41) is 14.9. The maximum absolute atomic E-state index is 7.76. The summed E-state index contributed by atoms with van der Waals surface area (Å²) in [5.74, 6) is 0. The Morgan fingerprint density at radius 1 is 0.889 bits per heavy atom. The lowest BCUT2D eigenvalue weighted by atomic mass is 10.1. The van der Waals surface area contributed by atoms with Crippen LogP contribution >= 0.6 is 0 Å². The highest BCUT2D eigenvalue weighted by Gasteiger charge is 1.93. The maximum Gasteiger partial charge on any atom is 0.211 e. The monoisotopic (exact) mass is 264 g/mol. The van der Waals surface area contributed by atoms with Gasteiger partial charge in [-0.25, -0.2) is 10.1 Å². The van der Waals surface area contributed by atoms with Gasteiger partial charge < -0.3 is 0 Å². The summed E-state index contributed by atoms with van der Waals surface area (Å²) in [7, 11) is 0. The molecule has 0 aromatic carbocycles. The van der Waals surface area contributed by atoms with Gasteiger partial charge >= 0.3 is 0 Å². The number of rotatable bonds is 12. The number of nitrogens with zero attached hydrogens (tertiary/aromatic N) is 1. The van der Waals surface area contributed by atoms with Gasteiger partial charge in [-0.1, -0.05) is 58.3 Å². The van der Waals surface area contributed by atoms with Crippen molar-refractivity contribution in [2.75, 3.05) is 6.61 Å². The van der Waals surface area contributed by atoms with Crippen LogP contribution in [0.15, 0.2) is 0 Å². The highest BCUT2D eigenvalue weighted by atomic mass is 17.6. The molecular weight excluding hydrogens is 238 g/mol. The van der Waals surface area contributed by atoms with Gasteiger partial charge in [-0.2, -0.15) is 0 Å². The van der Waals surface area contributed by atoms with Crippen molar-refractivity contribution in [3.63, 3.8) is 0 Å². The van der Waals surface area contributed by atoms with Gasteiger partial charge in [0.1, 0.15) is 11.1 Å². The quantitative estimate of drug-likeness (QED) is 0.163. The standard InChI is InChI=1S/C11H24O4.H2N3/c1-2-3-4-5-6-7-8-9-10-11-13-15-14-12;1-3-2/h12H,2-11H2,1H3;1-2H/q;+1. The minimum absolute atomic E-state index is 0.469. The fourth-order valence-electron chi connectivity index (χ4n) is 1.53. The molecule has 7 heteroatoms. The molecule has 0 bridgehead atoms. The molecule has 0 heterocycles. The van der Waals surface area contributed by atoms with Crippen molar-refractivity contribution in [3.8, 4) is 0 Å². The Balaban J connectivity index is 0. The Labute approximate surface area is 108 Å². The van der Waals surface area contributed by atoms with Crippen LogP contribution < -0.4 is 4.91 Å². The summed E-state index contributed by atoms with van der Waals surface area (Å²) in [6.45, 7) is 2.70. The predicted octanol–water partition coefficient (Wildman–Crippen LogP) is 3.99. The average Bonchev–Trinajstić information content (AvgIpc) is 2.37. The van der Waals surface area contributed by atoms with E-state index in [0.717, 1.165) is 12.8 Å². The molecule has 108 valence electrons. The molecule has 7 nitrogen and oxygen atoms in total. The van der Waals surface area contributed by atoms with Gasteiger partial charge in [0.25, 0.3) is 0 Å². The maximum atomic E-state index is 7.76. The Hall–Kier alpha value is -0.850. The SMILES string of the molecule is CCCCCCCCCCCOOOO.N=[N+]=N. The Kier molecular flexibility index (Phi) is 23.2. The molecule has 0 unspecified atom stereocenters. The summed E-state index contributed by atoms with van der Waals surface area (Å²) < 4.78 is 0. The van der Waals surface area contributed by atoms with Gasteiger partial charge in [-0.3, -0.25) is 0 Å². The van der Waals surface area contributed by atoms with Crippen LogP contribution in [0.4, 0.5) is 0 Å². The third kappa shape index (κ3) is 24.4. The first-order valence-electron chi connectivity index (χ1n) is 6.46. The highest BCUT2D eigenvalue weighted by molar-refractivity contribution is 4.45. The van der Waals surface area contributed by atoms with Gasteiger partial charge in [-0.05, 0) is 16.5 Å². The first-order chi connectivity index (χ1) is 8.83. The van der Waals surface area contributed by atoms with E-state index in [0.29, 0.717) is 6.61 Å². The number of unbranched alkanes of at least 4 members (excludes halogenated alkanes) is 8. The van der Waals surface area contributed by atoms with Crippen molar-refractivity contribution in [2.45, 2.75) is 64.7 Å². The molecule has 0 saturated heterocycles. The van der Waals surface area contributed by atoms with Gasteiger partial charge in [-0.15, -0.1) is 0 Å². The lowest BCUT2D eigenvalue weighted by Crippen LogP contribution is -1.95. The molecule has 0 atom stereocenters. The lowest BCUT2D eigenvalue weighted by molar-refractivity contribution is -0.623. The van der Waals surface area contributed by atoms with E-state index in [9.17, 15) is 0 Å². The van der Waals surface area contributed by atoms with Crippen molar-refractivity contribution in [3.05, 3.63) is 0 Å². The van der Waals surface area contributed by atoms with E-state index in [1.807, 2.05) is 4.91 Å². The molecule has 0 rings (SSSR count). The molecule has 0 aliphatic rings. The fraction of sp³-hybridized carbons (Fsp3) is 1.00. The van der Waals surface area contributed by atoms with E-state index in [1.54, 1.807) is 0 Å². The second-order valence-corrected chi connectivity index (χ2v) is 3.90. The van der Waals surface area contributed by atoms with Crippen LogP contribution in [-0.2, 0) is 15.0 Å². The molecule has 0 radical (unpaired) electrons. The number of nitrogens with one attached hydrogen (secondary N) is 2. The summed E-state index contributed by atoms with van der Waals surface area (Å²) >= 11 is 0. The van der Waals surface area contributed by atoms with E-state index in [-0.39, 0.29) is 0 Å². The Morgan fingerprint density at radius 2 is 1.33 bits per heavy atom. The molecule has 0 fully saturated rings. The zero-order valence-electron chi connectivity index (χ0n) is 11.2. The van der Waals surface area contributed by atoms with E-state index in [2.05, 4.69) is 21.9 Å². The summed E-state index contributed by atoms with van der Waals surface area (Å²) in [6.07, 6.45) is 11.4. The fourth-order valence-corrected chi connectivity index (χ4v) is 1.53. The molecule has 0 spiro atoms. The van der Waals surface area contributed by atoms with E-state index >= 15 is 0 Å². The summed E-state index contributed by atoms with van der Waals surface area (Å²) in [5.41, 5.74) is 11.0. The molecule has 3 N–H and O–H groups in total. The topological polar surface area (TPSA) is 110 Å². The minimum Gasteiger partial charge on any atom is -0.219 e. The molecule has 0 saturated carbocycles. The number of hydrogen-bond donors (Lipinski definition) is 3. The Morgan fingerprint density at radius 3 is 1.78 bits per heavy atom. The molecule has 0 aromatic rings. The Bertz CT molecular complexity index is 164. The van der Waals surface area contributed by atoms with Crippen LogP contribution in [-0.4, -0.2) is 11.9 Å². The summed E-state index contributed by atoms with van der Waals surface area (Å²) in [6, 6.07) is 0. The van der Waals surface area contributed by atoms with Crippen molar-refractivity contribution >= 4 is 0 Å². The van der Waals surface area contributed by atoms with Crippen molar-refractivity contribution in [1.29, 1.82) is 11.1 Å². The van der Waals surface area contributed by atoms with Gasteiger partial charge in [0.05, 0.1) is 6.61 Å².